The normalized spacial score (nSPS) is 12.1. The van der Waals surface area contributed by atoms with Crippen molar-refractivity contribution in [3.8, 4) is 0 Å². The summed E-state index contributed by atoms with van der Waals surface area (Å²) in [6, 6.07) is 10.7. The minimum Gasteiger partial charge on any atom is -0.324 e. The van der Waals surface area contributed by atoms with E-state index in [0.29, 0.717) is 0 Å². The molecule has 0 atom stereocenters. The first-order chi connectivity index (χ1) is 7.53. The lowest BCUT2D eigenvalue weighted by molar-refractivity contribution is -0.903. The molecule has 0 aliphatic heterocycles. The lowest BCUT2D eigenvalue weighted by Crippen LogP contribution is -2.44. The minimum absolute atomic E-state index is 1.05. The van der Waals surface area contributed by atoms with Gasteiger partial charge in [-0.3, -0.25) is 0 Å². The van der Waals surface area contributed by atoms with Crippen LogP contribution in [-0.2, 0) is 6.54 Å². The highest BCUT2D eigenvalue weighted by Crippen LogP contribution is 2.08. The van der Waals surface area contributed by atoms with E-state index in [1.54, 1.807) is 0 Å². The van der Waals surface area contributed by atoms with Gasteiger partial charge in [-0.1, -0.05) is 37.3 Å². The Bertz CT molecular complexity index is 293. The molecule has 2 heteroatoms. The average molecular weight is 221 g/mol. The zero-order chi connectivity index (χ0) is 12.0. The first-order valence-corrected chi connectivity index (χ1v) is 6.08. The molecule has 1 aromatic rings. The van der Waals surface area contributed by atoms with E-state index >= 15 is 0 Å². The van der Waals surface area contributed by atoms with Crippen LogP contribution < -0.4 is 0 Å². The molecule has 0 saturated carbocycles. The van der Waals surface area contributed by atoms with Crippen LogP contribution >= 0.6 is 0 Å². The quantitative estimate of drug-likeness (QED) is 0.666. The SMILES string of the molecule is CCN(C)CC[N+](C)(C)Cc1ccccc1. The van der Waals surface area contributed by atoms with Crippen molar-refractivity contribution in [2.75, 3.05) is 40.8 Å². The Hall–Kier alpha value is -0.860. The summed E-state index contributed by atoms with van der Waals surface area (Å²) in [5, 5.41) is 0. The highest BCUT2D eigenvalue weighted by Gasteiger charge is 2.15. The van der Waals surface area contributed by atoms with Crippen molar-refractivity contribution in [1.29, 1.82) is 0 Å². The lowest BCUT2D eigenvalue weighted by atomic mass is 10.2. The Morgan fingerprint density at radius 3 is 2.31 bits per heavy atom. The number of likely N-dealkylation sites (N-methyl/N-ethyl adjacent to an activating group) is 2. The molecule has 0 saturated heterocycles. The van der Waals surface area contributed by atoms with Gasteiger partial charge in [-0.2, -0.15) is 0 Å². The van der Waals surface area contributed by atoms with Crippen LogP contribution in [-0.4, -0.2) is 50.2 Å². The van der Waals surface area contributed by atoms with Gasteiger partial charge in [-0.05, 0) is 13.6 Å². The Labute approximate surface area is 100 Å². The molecule has 0 amide bonds. The molecule has 1 aromatic carbocycles. The summed E-state index contributed by atoms with van der Waals surface area (Å²) in [5.74, 6) is 0. The molecule has 0 N–H and O–H groups in total. The minimum atomic E-state index is 1.05. The third-order valence-electron chi connectivity index (χ3n) is 3.08. The van der Waals surface area contributed by atoms with Gasteiger partial charge in [0, 0.05) is 12.1 Å². The molecule has 0 heterocycles. The predicted octanol–water partition coefficient (Wildman–Crippen LogP) is 2.21. The number of hydrogen-bond donors (Lipinski definition) is 0. The molecule has 0 radical (unpaired) electrons. The summed E-state index contributed by atoms with van der Waals surface area (Å²) in [6.07, 6.45) is 0. The van der Waals surface area contributed by atoms with Crippen molar-refractivity contribution in [2.24, 2.45) is 0 Å². The van der Waals surface area contributed by atoms with E-state index in [9.17, 15) is 0 Å². The predicted molar refractivity (Wildman–Crippen MR) is 70.3 cm³/mol. The van der Waals surface area contributed by atoms with Gasteiger partial charge < -0.3 is 9.38 Å². The summed E-state index contributed by atoms with van der Waals surface area (Å²) in [7, 11) is 6.79. The first kappa shape index (κ1) is 13.2. The number of hydrogen-bond acceptors (Lipinski definition) is 1. The van der Waals surface area contributed by atoms with Crippen LogP contribution in [0.2, 0.25) is 0 Å². The van der Waals surface area contributed by atoms with Crippen LogP contribution in [0.3, 0.4) is 0 Å². The zero-order valence-electron chi connectivity index (χ0n) is 11.1. The summed E-state index contributed by atoms with van der Waals surface area (Å²) in [4.78, 5) is 2.37. The molecular weight excluding hydrogens is 196 g/mol. The number of quaternary nitrogens is 1. The van der Waals surface area contributed by atoms with Gasteiger partial charge in [0.05, 0.1) is 20.6 Å². The van der Waals surface area contributed by atoms with Crippen molar-refractivity contribution < 1.29 is 4.48 Å². The third-order valence-corrected chi connectivity index (χ3v) is 3.08. The van der Waals surface area contributed by atoms with E-state index in [1.807, 2.05) is 0 Å². The molecule has 0 fully saturated rings. The van der Waals surface area contributed by atoms with Gasteiger partial charge in [-0.25, -0.2) is 0 Å². The second-order valence-corrected chi connectivity index (χ2v) is 5.20. The third kappa shape index (κ3) is 4.77. The fourth-order valence-electron chi connectivity index (χ4n) is 1.76. The fraction of sp³-hybridized carbons (Fsp3) is 0.571. The van der Waals surface area contributed by atoms with Crippen LogP contribution in [0.15, 0.2) is 30.3 Å². The van der Waals surface area contributed by atoms with Crippen molar-refractivity contribution in [3.63, 3.8) is 0 Å². The van der Waals surface area contributed by atoms with Crippen molar-refractivity contribution in [1.82, 2.24) is 4.90 Å². The van der Waals surface area contributed by atoms with Crippen LogP contribution in [0.4, 0.5) is 0 Å². The maximum Gasteiger partial charge on any atom is 0.104 e. The van der Waals surface area contributed by atoms with Crippen molar-refractivity contribution in [2.45, 2.75) is 13.5 Å². The molecule has 0 bridgehead atoms. The summed E-state index contributed by atoms with van der Waals surface area (Å²) < 4.78 is 1.05. The molecule has 0 spiro atoms. The van der Waals surface area contributed by atoms with Crippen molar-refractivity contribution >= 4 is 0 Å². The van der Waals surface area contributed by atoms with Crippen LogP contribution in [0.1, 0.15) is 12.5 Å². The van der Waals surface area contributed by atoms with E-state index in [2.05, 4.69) is 63.3 Å². The number of rotatable bonds is 6. The Kier molecular flexibility index (Phi) is 4.97. The number of benzene rings is 1. The van der Waals surface area contributed by atoms with E-state index in [4.69, 9.17) is 0 Å². The molecule has 90 valence electrons. The molecule has 0 aliphatic rings. The highest BCUT2D eigenvalue weighted by atomic mass is 15.3. The Morgan fingerprint density at radius 2 is 1.75 bits per heavy atom. The molecule has 2 nitrogen and oxygen atoms in total. The highest BCUT2D eigenvalue weighted by molar-refractivity contribution is 5.13. The standard InChI is InChI=1S/C14H25N2/c1-5-15(2)11-12-16(3,4)13-14-9-7-6-8-10-14/h6-10H,5,11-13H2,1-4H3/q+1. The van der Waals surface area contributed by atoms with Gasteiger partial charge in [-0.15, -0.1) is 0 Å². The molecular formula is C14H25N2+. The topological polar surface area (TPSA) is 3.24 Å². The zero-order valence-corrected chi connectivity index (χ0v) is 11.1. The fourth-order valence-corrected chi connectivity index (χ4v) is 1.76. The maximum atomic E-state index is 2.37. The Balaban J connectivity index is 2.45. The van der Waals surface area contributed by atoms with Gasteiger partial charge in [0.2, 0.25) is 0 Å². The summed E-state index contributed by atoms with van der Waals surface area (Å²) >= 11 is 0. The maximum absolute atomic E-state index is 2.37. The molecule has 0 unspecified atom stereocenters. The van der Waals surface area contributed by atoms with Gasteiger partial charge in [0.25, 0.3) is 0 Å². The van der Waals surface area contributed by atoms with E-state index in [1.165, 1.54) is 12.1 Å². The first-order valence-electron chi connectivity index (χ1n) is 6.08. The molecule has 16 heavy (non-hydrogen) atoms. The van der Waals surface area contributed by atoms with E-state index in [-0.39, 0.29) is 0 Å². The number of nitrogens with zero attached hydrogens (tertiary/aromatic N) is 2. The molecule has 0 aliphatic carbocycles. The monoisotopic (exact) mass is 221 g/mol. The van der Waals surface area contributed by atoms with Crippen LogP contribution in [0.5, 0.6) is 0 Å². The largest absolute Gasteiger partial charge is 0.324 e. The molecule has 1 rings (SSSR count). The molecule has 0 aromatic heterocycles. The smallest absolute Gasteiger partial charge is 0.104 e. The van der Waals surface area contributed by atoms with Crippen molar-refractivity contribution in [3.05, 3.63) is 35.9 Å². The summed E-state index contributed by atoms with van der Waals surface area (Å²) in [5.41, 5.74) is 1.42. The van der Waals surface area contributed by atoms with E-state index < -0.39 is 0 Å². The average Bonchev–Trinajstić information content (AvgIpc) is 2.27. The second kappa shape index (κ2) is 6.02. The lowest BCUT2D eigenvalue weighted by Gasteiger charge is -2.31. The van der Waals surface area contributed by atoms with Gasteiger partial charge in [0.1, 0.15) is 6.54 Å². The van der Waals surface area contributed by atoms with E-state index in [0.717, 1.165) is 24.1 Å². The Morgan fingerprint density at radius 1 is 1.12 bits per heavy atom. The van der Waals surface area contributed by atoms with Crippen LogP contribution in [0, 0.1) is 0 Å². The second-order valence-electron chi connectivity index (χ2n) is 5.20. The summed E-state index contributed by atoms with van der Waals surface area (Å²) in [6.45, 7) is 6.80. The van der Waals surface area contributed by atoms with Gasteiger partial charge >= 0.3 is 0 Å². The van der Waals surface area contributed by atoms with Gasteiger partial charge in [0.15, 0.2) is 0 Å². The van der Waals surface area contributed by atoms with Crippen LogP contribution in [0.25, 0.3) is 0 Å².